The molecule has 0 aliphatic heterocycles. The molecule has 1 aromatic rings. The molecule has 0 saturated heterocycles. The summed E-state index contributed by atoms with van der Waals surface area (Å²) in [5.74, 6) is 3.65. The van der Waals surface area contributed by atoms with Crippen molar-refractivity contribution < 1.29 is 0 Å². The minimum absolute atomic E-state index is 0.541. The number of hydrogen-bond donors (Lipinski definition) is 1. The molecule has 5 nitrogen and oxygen atoms in total. The van der Waals surface area contributed by atoms with Crippen molar-refractivity contribution in [3.8, 4) is 0 Å². The summed E-state index contributed by atoms with van der Waals surface area (Å²) < 4.78 is 0. The fourth-order valence-electron chi connectivity index (χ4n) is 4.09. The summed E-state index contributed by atoms with van der Waals surface area (Å²) in [7, 11) is 1.84. The zero-order valence-corrected chi connectivity index (χ0v) is 12.0. The van der Waals surface area contributed by atoms with Crippen LogP contribution in [0.5, 0.6) is 0 Å². The van der Waals surface area contributed by atoms with Crippen LogP contribution in [-0.4, -0.2) is 32.8 Å². The van der Waals surface area contributed by atoms with Crippen molar-refractivity contribution in [1.82, 2.24) is 25.5 Å². The Morgan fingerprint density at radius 3 is 2.84 bits per heavy atom. The lowest BCUT2D eigenvalue weighted by Crippen LogP contribution is -2.41. The fourth-order valence-corrected chi connectivity index (χ4v) is 4.09. The number of nitrogens with one attached hydrogen (secondary N) is 1. The molecule has 19 heavy (non-hydrogen) atoms. The van der Waals surface area contributed by atoms with Crippen LogP contribution in [0.15, 0.2) is 0 Å². The zero-order chi connectivity index (χ0) is 13.2. The minimum atomic E-state index is 0.541. The van der Waals surface area contributed by atoms with E-state index in [9.17, 15) is 0 Å². The molecule has 2 aliphatic rings. The first kappa shape index (κ1) is 13.0. The molecule has 0 radical (unpaired) electrons. The first-order chi connectivity index (χ1) is 9.26. The molecule has 2 aliphatic carbocycles. The monoisotopic (exact) mass is 263 g/mol. The van der Waals surface area contributed by atoms with Crippen molar-refractivity contribution in [2.75, 3.05) is 6.54 Å². The summed E-state index contributed by atoms with van der Waals surface area (Å²) in [5.41, 5.74) is 0. The van der Waals surface area contributed by atoms with E-state index in [1.54, 1.807) is 4.80 Å². The topological polar surface area (TPSA) is 55.6 Å². The van der Waals surface area contributed by atoms with Gasteiger partial charge in [0.15, 0.2) is 5.82 Å². The second kappa shape index (κ2) is 5.57. The molecule has 2 saturated carbocycles. The van der Waals surface area contributed by atoms with Crippen LogP contribution in [0.1, 0.15) is 44.9 Å². The lowest BCUT2D eigenvalue weighted by molar-refractivity contribution is 0.244. The predicted octanol–water partition coefficient (Wildman–Crippen LogP) is 1.56. The van der Waals surface area contributed by atoms with Crippen molar-refractivity contribution in [3.05, 3.63) is 5.82 Å². The lowest BCUT2D eigenvalue weighted by atomic mass is 9.82. The van der Waals surface area contributed by atoms with Gasteiger partial charge in [-0.1, -0.05) is 13.3 Å². The number of nitrogens with zero attached hydrogens (tertiary/aromatic N) is 4. The molecular weight excluding hydrogens is 238 g/mol. The maximum atomic E-state index is 4.35. The van der Waals surface area contributed by atoms with Crippen molar-refractivity contribution >= 4 is 0 Å². The Balaban J connectivity index is 1.66. The van der Waals surface area contributed by atoms with Crippen LogP contribution in [0, 0.1) is 17.8 Å². The molecule has 2 fully saturated rings. The van der Waals surface area contributed by atoms with Crippen molar-refractivity contribution in [2.45, 2.75) is 51.5 Å². The molecule has 0 amide bonds. The van der Waals surface area contributed by atoms with Crippen LogP contribution in [0.25, 0.3) is 0 Å². The highest BCUT2D eigenvalue weighted by molar-refractivity contribution is 4.98. The van der Waals surface area contributed by atoms with Crippen molar-refractivity contribution in [2.24, 2.45) is 24.8 Å². The van der Waals surface area contributed by atoms with Gasteiger partial charge in [0.2, 0.25) is 0 Å². The summed E-state index contributed by atoms with van der Waals surface area (Å²) in [6.45, 7) is 3.32. The number of aryl methyl sites for hydroxylation is 1. The summed E-state index contributed by atoms with van der Waals surface area (Å²) in [6, 6.07) is 0.541. The van der Waals surface area contributed by atoms with Gasteiger partial charge in [-0.15, -0.1) is 10.2 Å². The predicted molar refractivity (Wildman–Crippen MR) is 73.5 cm³/mol. The van der Waals surface area contributed by atoms with Gasteiger partial charge in [-0.25, -0.2) is 0 Å². The third-order valence-electron chi connectivity index (χ3n) is 4.92. The SMILES string of the molecule is CCCNC(Cc1nnn(C)n1)C1CC2CCC1C2. The van der Waals surface area contributed by atoms with Crippen LogP contribution in [0.2, 0.25) is 0 Å². The molecule has 106 valence electrons. The normalized spacial score (nSPS) is 30.9. The first-order valence-corrected chi connectivity index (χ1v) is 7.72. The molecule has 0 aromatic carbocycles. The average molecular weight is 263 g/mol. The number of aromatic nitrogens is 4. The Morgan fingerprint density at radius 2 is 2.26 bits per heavy atom. The zero-order valence-electron chi connectivity index (χ0n) is 12.0. The van der Waals surface area contributed by atoms with E-state index in [0.717, 1.165) is 36.5 Å². The lowest BCUT2D eigenvalue weighted by Gasteiger charge is -2.30. The number of fused-ring (bicyclic) bond motifs is 2. The summed E-state index contributed by atoms with van der Waals surface area (Å²) in [6.07, 6.45) is 7.89. The number of rotatable bonds is 6. The van der Waals surface area contributed by atoms with E-state index in [1.807, 2.05) is 7.05 Å². The van der Waals surface area contributed by atoms with Gasteiger partial charge in [-0.3, -0.25) is 0 Å². The quantitative estimate of drug-likeness (QED) is 0.846. The molecule has 1 heterocycles. The van der Waals surface area contributed by atoms with Crippen molar-refractivity contribution in [1.29, 1.82) is 0 Å². The van der Waals surface area contributed by atoms with Gasteiger partial charge in [0.25, 0.3) is 0 Å². The Bertz CT molecular complexity index is 416. The van der Waals surface area contributed by atoms with Gasteiger partial charge in [-0.2, -0.15) is 4.80 Å². The maximum Gasteiger partial charge on any atom is 0.176 e. The van der Waals surface area contributed by atoms with Crippen LogP contribution < -0.4 is 5.32 Å². The molecule has 1 N–H and O–H groups in total. The molecule has 5 heteroatoms. The van der Waals surface area contributed by atoms with Gasteiger partial charge in [0.05, 0.1) is 7.05 Å². The van der Waals surface area contributed by atoms with Gasteiger partial charge in [0.1, 0.15) is 0 Å². The molecule has 4 atom stereocenters. The molecule has 4 unspecified atom stereocenters. The highest BCUT2D eigenvalue weighted by Gasteiger charge is 2.43. The first-order valence-electron chi connectivity index (χ1n) is 7.72. The number of tetrazole rings is 1. The maximum absolute atomic E-state index is 4.35. The molecule has 1 aromatic heterocycles. The highest BCUT2D eigenvalue weighted by Crippen LogP contribution is 2.49. The standard InChI is InChI=1S/C14H25N5/c1-3-6-15-13(9-14-16-18-19(2)17-14)12-8-10-4-5-11(12)7-10/h10-13,15H,3-9H2,1-2H3. The Morgan fingerprint density at radius 1 is 1.37 bits per heavy atom. The van der Waals surface area contributed by atoms with Crippen LogP contribution in [-0.2, 0) is 13.5 Å². The average Bonchev–Trinajstić information content (AvgIpc) is 3.10. The molecule has 0 spiro atoms. The van der Waals surface area contributed by atoms with Gasteiger partial charge in [-0.05, 0) is 55.2 Å². The third-order valence-corrected chi connectivity index (χ3v) is 4.92. The third kappa shape index (κ3) is 2.81. The van der Waals surface area contributed by atoms with E-state index in [0.29, 0.717) is 6.04 Å². The van der Waals surface area contributed by atoms with E-state index in [4.69, 9.17) is 0 Å². The van der Waals surface area contributed by atoms with Gasteiger partial charge < -0.3 is 5.32 Å². The Labute approximate surface area is 115 Å². The highest BCUT2D eigenvalue weighted by atomic mass is 15.6. The van der Waals surface area contributed by atoms with Crippen LogP contribution >= 0.6 is 0 Å². The summed E-state index contributed by atoms with van der Waals surface area (Å²) >= 11 is 0. The van der Waals surface area contributed by atoms with E-state index >= 15 is 0 Å². The Kier molecular flexibility index (Phi) is 3.82. The summed E-state index contributed by atoms with van der Waals surface area (Å²) in [4.78, 5) is 1.56. The van der Waals surface area contributed by atoms with E-state index in [2.05, 4.69) is 27.7 Å². The Hall–Kier alpha value is -0.970. The van der Waals surface area contributed by atoms with Gasteiger partial charge in [0, 0.05) is 12.5 Å². The second-order valence-electron chi connectivity index (χ2n) is 6.30. The molecule has 3 rings (SSSR count). The van der Waals surface area contributed by atoms with E-state index in [-0.39, 0.29) is 0 Å². The minimum Gasteiger partial charge on any atom is -0.313 e. The van der Waals surface area contributed by atoms with E-state index < -0.39 is 0 Å². The van der Waals surface area contributed by atoms with Gasteiger partial charge >= 0.3 is 0 Å². The van der Waals surface area contributed by atoms with Crippen LogP contribution in [0.3, 0.4) is 0 Å². The fraction of sp³-hybridized carbons (Fsp3) is 0.929. The van der Waals surface area contributed by atoms with Crippen LogP contribution in [0.4, 0.5) is 0 Å². The summed E-state index contributed by atoms with van der Waals surface area (Å²) in [5, 5.41) is 16.2. The smallest absolute Gasteiger partial charge is 0.176 e. The van der Waals surface area contributed by atoms with E-state index in [1.165, 1.54) is 32.1 Å². The largest absolute Gasteiger partial charge is 0.313 e. The van der Waals surface area contributed by atoms with Crippen molar-refractivity contribution in [3.63, 3.8) is 0 Å². The molecular formula is C14H25N5. The molecule has 2 bridgehead atoms. The number of hydrogen-bond acceptors (Lipinski definition) is 4. The second-order valence-corrected chi connectivity index (χ2v) is 6.30.